The number of furan rings is 1. The zero-order valence-corrected chi connectivity index (χ0v) is 14.2. The first-order chi connectivity index (χ1) is 11.6. The Bertz CT molecular complexity index is 794. The van der Waals surface area contributed by atoms with E-state index in [0.29, 0.717) is 13.1 Å². The fourth-order valence-electron chi connectivity index (χ4n) is 2.56. The molecule has 5 nitrogen and oxygen atoms in total. The van der Waals surface area contributed by atoms with Crippen molar-refractivity contribution in [2.24, 2.45) is 0 Å². The van der Waals surface area contributed by atoms with Crippen molar-refractivity contribution in [3.8, 4) is 0 Å². The van der Waals surface area contributed by atoms with Crippen molar-refractivity contribution in [3.63, 3.8) is 0 Å². The van der Waals surface area contributed by atoms with Gasteiger partial charge in [-0.05, 0) is 36.8 Å². The fraction of sp³-hybridized carbons (Fsp3) is 0.222. The largest absolute Gasteiger partial charge is 0.468 e. The summed E-state index contributed by atoms with van der Waals surface area (Å²) in [7, 11) is 0. The van der Waals surface area contributed by atoms with Crippen LogP contribution < -0.4 is 0 Å². The maximum atomic E-state index is 10.8. The molecule has 0 radical (unpaired) electrons. The molecule has 0 aliphatic carbocycles. The Morgan fingerprint density at radius 1 is 1.08 bits per heavy atom. The van der Waals surface area contributed by atoms with Crippen LogP contribution >= 0.6 is 11.3 Å². The lowest BCUT2D eigenvalue weighted by molar-refractivity contribution is -0.384. The molecule has 0 unspecified atom stereocenters. The average molecular weight is 342 g/mol. The van der Waals surface area contributed by atoms with Crippen molar-refractivity contribution in [3.05, 3.63) is 86.0 Å². The summed E-state index contributed by atoms with van der Waals surface area (Å²) in [5.41, 5.74) is 1.16. The zero-order chi connectivity index (χ0) is 16.9. The molecule has 0 amide bonds. The topological polar surface area (TPSA) is 59.5 Å². The Balaban J connectivity index is 1.74. The summed E-state index contributed by atoms with van der Waals surface area (Å²) in [5.74, 6) is 0.908. The van der Waals surface area contributed by atoms with E-state index in [-0.39, 0.29) is 10.6 Å². The Morgan fingerprint density at radius 2 is 1.88 bits per heavy atom. The van der Waals surface area contributed by atoms with Gasteiger partial charge in [0, 0.05) is 35.0 Å². The van der Waals surface area contributed by atoms with E-state index >= 15 is 0 Å². The molecule has 124 valence electrons. The molecule has 0 aliphatic rings. The molecule has 0 N–H and O–H groups in total. The van der Waals surface area contributed by atoms with Crippen molar-refractivity contribution in [1.29, 1.82) is 0 Å². The molecule has 2 aromatic heterocycles. The normalized spacial score (nSPS) is 11.1. The van der Waals surface area contributed by atoms with Gasteiger partial charge in [0.15, 0.2) is 0 Å². The van der Waals surface area contributed by atoms with Crippen LogP contribution in [0.1, 0.15) is 21.1 Å². The second-order valence-corrected chi connectivity index (χ2v) is 7.03. The van der Waals surface area contributed by atoms with E-state index < -0.39 is 0 Å². The van der Waals surface area contributed by atoms with Crippen LogP contribution in [0.3, 0.4) is 0 Å². The Hall–Kier alpha value is -2.44. The second-order valence-electron chi connectivity index (χ2n) is 5.66. The Morgan fingerprint density at radius 3 is 2.46 bits per heavy atom. The van der Waals surface area contributed by atoms with E-state index in [9.17, 15) is 10.1 Å². The molecule has 6 heteroatoms. The number of nitro benzene ring substituents is 1. The highest BCUT2D eigenvalue weighted by molar-refractivity contribution is 7.11. The number of aryl methyl sites for hydroxylation is 1. The van der Waals surface area contributed by atoms with E-state index in [0.717, 1.165) is 17.9 Å². The van der Waals surface area contributed by atoms with E-state index in [2.05, 4.69) is 24.0 Å². The molecule has 3 aromatic rings. The number of nitro groups is 1. The number of hydrogen-bond donors (Lipinski definition) is 0. The van der Waals surface area contributed by atoms with Gasteiger partial charge in [-0.15, -0.1) is 11.3 Å². The van der Waals surface area contributed by atoms with Gasteiger partial charge in [0.25, 0.3) is 5.69 Å². The molecule has 0 aliphatic heterocycles. The van der Waals surface area contributed by atoms with Gasteiger partial charge in [-0.25, -0.2) is 0 Å². The van der Waals surface area contributed by atoms with Crippen molar-refractivity contribution >= 4 is 17.0 Å². The van der Waals surface area contributed by atoms with Gasteiger partial charge in [0.2, 0.25) is 0 Å². The third kappa shape index (κ3) is 4.31. The monoisotopic (exact) mass is 342 g/mol. The minimum absolute atomic E-state index is 0.116. The highest BCUT2D eigenvalue weighted by Gasteiger charge is 2.12. The van der Waals surface area contributed by atoms with Crippen LogP contribution in [0.4, 0.5) is 5.69 Å². The van der Waals surface area contributed by atoms with Gasteiger partial charge in [0.05, 0.1) is 17.7 Å². The Kier molecular flexibility index (Phi) is 5.08. The fourth-order valence-corrected chi connectivity index (χ4v) is 3.50. The molecule has 3 rings (SSSR count). The van der Waals surface area contributed by atoms with Crippen LogP contribution in [0.25, 0.3) is 0 Å². The van der Waals surface area contributed by atoms with Crippen LogP contribution in [-0.2, 0) is 19.6 Å². The van der Waals surface area contributed by atoms with Crippen molar-refractivity contribution < 1.29 is 9.34 Å². The molecule has 0 spiro atoms. The van der Waals surface area contributed by atoms with Crippen LogP contribution in [0.5, 0.6) is 0 Å². The van der Waals surface area contributed by atoms with Crippen molar-refractivity contribution in [2.75, 3.05) is 0 Å². The van der Waals surface area contributed by atoms with E-state index in [1.54, 1.807) is 29.7 Å². The van der Waals surface area contributed by atoms with Crippen LogP contribution in [0.15, 0.2) is 59.2 Å². The smallest absolute Gasteiger partial charge is 0.269 e. The zero-order valence-electron chi connectivity index (χ0n) is 13.3. The predicted octanol–water partition coefficient (Wildman–Crippen LogP) is 4.76. The molecule has 0 fully saturated rings. The molecule has 0 bridgehead atoms. The number of benzene rings is 1. The number of thiophene rings is 1. The summed E-state index contributed by atoms with van der Waals surface area (Å²) in [6.07, 6.45) is 1.68. The minimum atomic E-state index is -0.376. The number of rotatable bonds is 7. The summed E-state index contributed by atoms with van der Waals surface area (Å²) in [5, 5.41) is 10.8. The first-order valence-corrected chi connectivity index (χ1v) is 8.45. The third-order valence-corrected chi connectivity index (χ3v) is 4.67. The van der Waals surface area contributed by atoms with Gasteiger partial charge in [-0.1, -0.05) is 12.1 Å². The number of hydrogen-bond acceptors (Lipinski definition) is 5. The summed E-state index contributed by atoms with van der Waals surface area (Å²) in [6, 6.07) is 14.8. The number of non-ortho nitro benzene ring substituents is 1. The van der Waals surface area contributed by atoms with Crippen LogP contribution in [0, 0.1) is 17.0 Å². The summed E-state index contributed by atoms with van der Waals surface area (Å²) in [6.45, 7) is 4.31. The van der Waals surface area contributed by atoms with Gasteiger partial charge < -0.3 is 4.42 Å². The lowest BCUT2D eigenvalue weighted by atomic mass is 10.2. The molecule has 24 heavy (non-hydrogen) atoms. The van der Waals surface area contributed by atoms with E-state index in [1.807, 2.05) is 24.3 Å². The molecule has 0 atom stereocenters. The van der Waals surface area contributed by atoms with E-state index in [4.69, 9.17) is 4.42 Å². The quantitative estimate of drug-likeness (QED) is 0.459. The molecular weight excluding hydrogens is 324 g/mol. The highest BCUT2D eigenvalue weighted by atomic mass is 32.1. The van der Waals surface area contributed by atoms with E-state index in [1.165, 1.54) is 9.75 Å². The summed E-state index contributed by atoms with van der Waals surface area (Å²) < 4.78 is 5.47. The van der Waals surface area contributed by atoms with Gasteiger partial charge in [-0.3, -0.25) is 15.0 Å². The molecular formula is C18H18N2O3S. The SMILES string of the molecule is Cc1ccc(CN(Cc2ccc([N+](=O)[O-])cc2)Cc2ccco2)s1. The molecule has 1 aromatic carbocycles. The van der Waals surface area contributed by atoms with Crippen LogP contribution in [-0.4, -0.2) is 9.82 Å². The maximum Gasteiger partial charge on any atom is 0.269 e. The lowest BCUT2D eigenvalue weighted by Gasteiger charge is -2.20. The average Bonchev–Trinajstić information content (AvgIpc) is 3.20. The summed E-state index contributed by atoms with van der Waals surface area (Å²) in [4.78, 5) is 15.2. The first-order valence-electron chi connectivity index (χ1n) is 7.63. The van der Waals surface area contributed by atoms with Gasteiger partial charge in [-0.2, -0.15) is 0 Å². The first kappa shape index (κ1) is 16.4. The van der Waals surface area contributed by atoms with Crippen molar-refractivity contribution in [2.45, 2.75) is 26.6 Å². The molecule has 0 saturated heterocycles. The van der Waals surface area contributed by atoms with Crippen LogP contribution in [0.2, 0.25) is 0 Å². The van der Waals surface area contributed by atoms with Gasteiger partial charge >= 0.3 is 0 Å². The van der Waals surface area contributed by atoms with Gasteiger partial charge in [0.1, 0.15) is 5.76 Å². The Labute approximate surface area is 144 Å². The maximum absolute atomic E-state index is 10.8. The lowest BCUT2D eigenvalue weighted by Crippen LogP contribution is -2.21. The summed E-state index contributed by atoms with van der Waals surface area (Å²) >= 11 is 1.78. The van der Waals surface area contributed by atoms with Crippen molar-refractivity contribution in [1.82, 2.24) is 4.90 Å². The second kappa shape index (κ2) is 7.42. The minimum Gasteiger partial charge on any atom is -0.468 e. The molecule has 2 heterocycles. The standard InChI is InChI=1S/C18H18N2O3S/c1-14-4-9-18(24-14)13-19(12-17-3-2-10-23-17)11-15-5-7-16(8-6-15)20(21)22/h2-10H,11-13H2,1H3. The number of nitrogens with zero attached hydrogens (tertiary/aromatic N) is 2. The third-order valence-electron chi connectivity index (χ3n) is 3.69. The highest BCUT2D eigenvalue weighted by Crippen LogP contribution is 2.21. The predicted molar refractivity (Wildman–Crippen MR) is 93.8 cm³/mol. The molecule has 0 saturated carbocycles.